The maximum Gasteiger partial charge on any atom is 0.407 e. The van der Waals surface area contributed by atoms with Crippen LogP contribution in [0, 0.1) is 0 Å². The molecule has 3 aromatic rings. The highest BCUT2D eigenvalue weighted by Crippen LogP contribution is 2.44. The van der Waals surface area contributed by atoms with Crippen molar-refractivity contribution in [2.75, 3.05) is 31.8 Å². The van der Waals surface area contributed by atoms with Gasteiger partial charge in [0.15, 0.2) is 0 Å². The minimum absolute atomic E-state index is 0.0438. The Morgan fingerprint density at radius 1 is 0.941 bits per heavy atom. The van der Waals surface area contributed by atoms with E-state index in [0.29, 0.717) is 5.75 Å². The Kier molecular flexibility index (Phi) is 8.03. The highest BCUT2D eigenvalue weighted by molar-refractivity contribution is 8.76. The normalized spacial score (nSPS) is 12.9. The van der Waals surface area contributed by atoms with E-state index in [9.17, 15) is 9.59 Å². The van der Waals surface area contributed by atoms with E-state index in [-0.39, 0.29) is 12.5 Å². The van der Waals surface area contributed by atoms with Gasteiger partial charge < -0.3 is 20.1 Å². The molecule has 6 nitrogen and oxygen atoms in total. The number of carbonyl (C=O) groups excluding carboxylic acids is 2. The van der Waals surface area contributed by atoms with Crippen molar-refractivity contribution in [2.45, 2.75) is 16.9 Å². The van der Waals surface area contributed by atoms with Gasteiger partial charge in [0.05, 0.1) is 7.11 Å². The van der Waals surface area contributed by atoms with Gasteiger partial charge in [-0.2, -0.15) is 0 Å². The molecular formula is C26H26N2O4S2. The van der Waals surface area contributed by atoms with Crippen LogP contribution in [-0.4, -0.2) is 44.6 Å². The molecule has 1 aliphatic rings. The lowest BCUT2D eigenvalue weighted by atomic mass is 9.98. The largest absolute Gasteiger partial charge is 0.467 e. The maximum absolute atomic E-state index is 12.6. The lowest BCUT2D eigenvalue weighted by Crippen LogP contribution is -2.43. The van der Waals surface area contributed by atoms with Crippen molar-refractivity contribution in [3.8, 4) is 11.1 Å². The van der Waals surface area contributed by atoms with Gasteiger partial charge in [-0.05, 0) is 34.4 Å². The number of anilines is 1. The Morgan fingerprint density at radius 2 is 1.56 bits per heavy atom. The summed E-state index contributed by atoms with van der Waals surface area (Å²) in [6.45, 7) is 0.186. The molecule has 176 valence electrons. The minimum atomic E-state index is -0.820. The zero-order chi connectivity index (χ0) is 23.9. The van der Waals surface area contributed by atoms with Crippen LogP contribution in [0.3, 0.4) is 0 Å². The van der Waals surface area contributed by atoms with Crippen LogP contribution < -0.4 is 10.6 Å². The van der Waals surface area contributed by atoms with E-state index in [0.717, 1.165) is 32.8 Å². The molecule has 4 rings (SSSR count). The molecule has 0 aromatic heterocycles. The van der Waals surface area contributed by atoms with E-state index in [1.165, 1.54) is 28.7 Å². The number of nitrogens with one attached hydrogen (secondary N) is 2. The van der Waals surface area contributed by atoms with Gasteiger partial charge in [0.25, 0.3) is 0 Å². The monoisotopic (exact) mass is 494 g/mol. The quantitative estimate of drug-likeness (QED) is 0.298. The molecule has 1 aliphatic carbocycles. The Hall–Kier alpha value is -3.10. The number of hydrogen-bond acceptors (Lipinski definition) is 7. The summed E-state index contributed by atoms with van der Waals surface area (Å²) in [4.78, 5) is 25.9. The molecule has 2 N–H and O–H groups in total. The van der Waals surface area contributed by atoms with Crippen LogP contribution in [0.15, 0.2) is 77.7 Å². The van der Waals surface area contributed by atoms with Crippen molar-refractivity contribution >= 4 is 39.3 Å². The fraction of sp³-hybridized carbons (Fsp3) is 0.231. The smallest absolute Gasteiger partial charge is 0.407 e. The third-order valence-corrected chi connectivity index (χ3v) is 8.08. The number of para-hydroxylation sites is 1. The maximum atomic E-state index is 12.6. The van der Waals surface area contributed by atoms with Gasteiger partial charge >= 0.3 is 12.1 Å². The van der Waals surface area contributed by atoms with E-state index in [4.69, 9.17) is 9.47 Å². The Balaban J connectivity index is 1.36. The van der Waals surface area contributed by atoms with E-state index in [2.05, 4.69) is 34.9 Å². The predicted octanol–water partition coefficient (Wildman–Crippen LogP) is 5.55. The predicted molar refractivity (Wildman–Crippen MR) is 138 cm³/mol. The number of hydrogen-bond donors (Lipinski definition) is 2. The SMILES string of the molecule is CNc1ccccc1SSCC(NC(=O)OCC1c2ccccc2-c2ccccc21)C(=O)OC. The standard InChI is InChI=1S/C26H26N2O4S2/c1-27-22-13-7-8-14-24(22)34-33-16-23(25(29)31-2)28-26(30)32-15-21-19-11-5-3-9-17(19)18-10-4-6-12-20(18)21/h3-14,21,23,27H,15-16H2,1-2H3,(H,28,30). The summed E-state index contributed by atoms with van der Waals surface area (Å²) in [5, 5.41) is 5.81. The summed E-state index contributed by atoms with van der Waals surface area (Å²) in [6.07, 6.45) is -0.640. The number of ether oxygens (including phenoxy) is 2. The highest BCUT2D eigenvalue weighted by atomic mass is 33.1. The second-order valence-corrected chi connectivity index (χ2v) is 10.0. The van der Waals surface area contributed by atoms with Crippen LogP contribution in [0.25, 0.3) is 11.1 Å². The second-order valence-electron chi connectivity index (χ2n) is 7.66. The van der Waals surface area contributed by atoms with E-state index in [1.54, 1.807) is 0 Å². The average Bonchev–Trinajstić information content (AvgIpc) is 3.20. The fourth-order valence-electron chi connectivity index (χ4n) is 4.00. The Bertz CT molecular complexity index is 1130. The van der Waals surface area contributed by atoms with Crippen LogP contribution in [0.2, 0.25) is 0 Å². The fourth-order valence-corrected chi connectivity index (χ4v) is 6.38. The van der Waals surface area contributed by atoms with Gasteiger partial charge in [0, 0.05) is 29.3 Å². The molecule has 34 heavy (non-hydrogen) atoms. The van der Waals surface area contributed by atoms with Gasteiger partial charge in [-0.3, -0.25) is 0 Å². The number of fused-ring (bicyclic) bond motifs is 3. The first-order valence-electron chi connectivity index (χ1n) is 10.9. The van der Waals surface area contributed by atoms with E-state index in [1.807, 2.05) is 55.6 Å². The van der Waals surface area contributed by atoms with Crippen molar-refractivity contribution in [1.82, 2.24) is 5.32 Å². The number of esters is 1. The third-order valence-electron chi connectivity index (χ3n) is 5.66. The summed E-state index contributed by atoms with van der Waals surface area (Å²) in [7, 11) is 6.16. The summed E-state index contributed by atoms with van der Waals surface area (Å²) in [6, 6.07) is 23.4. The molecule has 0 radical (unpaired) electrons. The zero-order valence-electron chi connectivity index (χ0n) is 18.9. The van der Waals surface area contributed by atoms with Crippen molar-refractivity contribution in [2.24, 2.45) is 0 Å². The molecule has 0 aliphatic heterocycles. The zero-order valence-corrected chi connectivity index (χ0v) is 20.6. The first-order valence-corrected chi connectivity index (χ1v) is 13.2. The van der Waals surface area contributed by atoms with Gasteiger partial charge in [-0.1, -0.05) is 82.3 Å². The van der Waals surface area contributed by atoms with Gasteiger partial charge in [0.1, 0.15) is 12.6 Å². The van der Waals surface area contributed by atoms with Gasteiger partial charge in [-0.25, -0.2) is 9.59 Å². The molecule has 1 atom stereocenters. The highest BCUT2D eigenvalue weighted by Gasteiger charge is 2.30. The number of alkyl carbamates (subject to hydrolysis) is 1. The molecule has 0 heterocycles. The molecule has 0 saturated heterocycles. The average molecular weight is 495 g/mol. The lowest BCUT2D eigenvalue weighted by Gasteiger charge is -2.18. The number of benzene rings is 3. The number of amides is 1. The molecule has 1 unspecified atom stereocenters. The number of methoxy groups -OCH3 is 1. The second kappa shape index (κ2) is 11.4. The summed E-state index contributed by atoms with van der Waals surface area (Å²) in [5.74, 6) is -0.222. The molecule has 0 saturated carbocycles. The molecular weight excluding hydrogens is 468 g/mol. The number of carbonyl (C=O) groups is 2. The lowest BCUT2D eigenvalue weighted by molar-refractivity contribution is -0.142. The minimum Gasteiger partial charge on any atom is -0.467 e. The van der Waals surface area contributed by atoms with Crippen LogP contribution >= 0.6 is 21.6 Å². The first-order chi connectivity index (χ1) is 16.6. The Morgan fingerprint density at radius 3 is 2.21 bits per heavy atom. The van der Waals surface area contributed by atoms with Crippen molar-refractivity contribution in [3.63, 3.8) is 0 Å². The summed E-state index contributed by atoms with van der Waals surface area (Å²) < 4.78 is 10.5. The third kappa shape index (κ3) is 5.34. The molecule has 0 bridgehead atoms. The van der Waals surface area contributed by atoms with E-state index < -0.39 is 18.1 Å². The van der Waals surface area contributed by atoms with Crippen LogP contribution in [0.5, 0.6) is 0 Å². The van der Waals surface area contributed by atoms with E-state index >= 15 is 0 Å². The van der Waals surface area contributed by atoms with Crippen LogP contribution in [-0.2, 0) is 14.3 Å². The topological polar surface area (TPSA) is 76.7 Å². The molecule has 8 heteroatoms. The summed E-state index contributed by atoms with van der Waals surface area (Å²) >= 11 is 0. The number of rotatable bonds is 9. The van der Waals surface area contributed by atoms with Crippen LogP contribution in [0.4, 0.5) is 10.5 Å². The first kappa shape index (κ1) is 24.0. The molecule has 0 spiro atoms. The summed E-state index contributed by atoms with van der Waals surface area (Å²) in [5.41, 5.74) is 5.59. The van der Waals surface area contributed by atoms with Gasteiger partial charge in [0.2, 0.25) is 0 Å². The van der Waals surface area contributed by atoms with Gasteiger partial charge in [-0.15, -0.1) is 0 Å². The van der Waals surface area contributed by atoms with Crippen molar-refractivity contribution < 1.29 is 19.1 Å². The molecule has 0 fully saturated rings. The van der Waals surface area contributed by atoms with Crippen molar-refractivity contribution in [3.05, 3.63) is 83.9 Å². The van der Waals surface area contributed by atoms with Crippen molar-refractivity contribution in [1.29, 1.82) is 0 Å². The molecule has 3 aromatic carbocycles. The van der Waals surface area contributed by atoms with Crippen LogP contribution in [0.1, 0.15) is 17.0 Å². The Labute approximate surface area is 207 Å². The molecule has 1 amide bonds.